The van der Waals surface area contributed by atoms with Crippen molar-refractivity contribution in [3.63, 3.8) is 0 Å². The van der Waals surface area contributed by atoms with Crippen LogP contribution in [0.15, 0.2) is 18.2 Å². The molecule has 0 aromatic carbocycles. The lowest BCUT2D eigenvalue weighted by atomic mass is 10.3. The molecule has 1 aliphatic heterocycles. The molecular formula is C12H18N4O. The van der Waals surface area contributed by atoms with Crippen molar-refractivity contribution in [1.29, 1.82) is 0 Å². The Morgan fingerprint density at radius 3 is 2.94 bits per heavy atom. The lowest BCUT2D eigenvalue weighted by Crippen LogP contribution is -2.48. The quantitative estimate of drug-likeness (QED) is 0.840. The molecule has 1 aliphatic rings. The molecule has 5 nitrogen and oxygen atoms in total. The van der Waals surface area contributed by atoms with Crippen molar-refractivity contribution in [1.82, 2.24) is 9.88 Å². The van der Waals surface area contributed by atoms with E-state index < -0.39 is 0 Å². The van der Waals surface area contributed by atoms with Crippen molar-refractivity contribution in [2.24, 2.45) is 0 Å². The van der Waals surface area contributed by atoms with Gasteiger partial charge in [-0.1, -0.05) is 6.07 Å². The third-order valence-corrected chi connectivity index (χ3v) is 2.87. The maximum absolute atomic E-state index is 11.6. The van der Waals surface area contributed by atoms with Gasteiger partial charge in [-0.2, -0.15) is 0 Å². The number of aromatic nitrogens is 1. The van der Waals surface area contributed by atoms with Gasteiger partial charge in [-0.3, -0.25) is 4.79 Å². The first-order valence-electron chi connectivity index (χ1n) is 5.90. The van der Waals surface area contributed by atoms with Crippen molar-refractivity contribution in [2.45, 2.75) is 6.92 Å². The highest BCUT2D eigenvalue weighted by Gasteiger charge is 2.21. The Morgan fingerprint density at radius 1 is 1.41 bits per heavy atom. The predicted molar refractivity (Wildman–Crippen MR) is 68.3 cm³/mol. The second-order valence-electron chi connectivity index (χ2n) is 4.15. The van der Waals surface area contributed by atoms with Gasteiger partial charge in [0.25, 0.3) is 0 Å². The zero-order valence-electron chi connectivity index (χ0n) is 10.3. The topological polar surface area (TPSA) is 48.5 Å². The van der Waals surface area contributed by atoms with Gasteiger partial charge in [0.15, 0.2) is 0 Å². The Hall–Kier alpha value is -1.78. The average Bonchev–Trinajstić information content (AvgIpc) is 2.33. The minimum absolute atomic E-state index is 0.145. The summed E-state index contributed by atoms with van der Waals surface area (Å²) in [7, 11) is 1.84. The van der Waals surface area contributed by atoms with E-state index in [-0.39, 0.29) is 5.91 Å². The van der Waals surface area contributed by atoms with Crippen LogP contribution in [0.5, 0.6) is 0 Å². The summed E-state index contributed by atoms with van der Waals surface area (Å²) in [6.45, 7) is 4.89. The highest BCUT2D eigenvalue weighted by molar-refractivity contribution is 5.82. The summed E-state index contributed by atoms with van der Waals surface area (Å²) < 4.78 is 0. The summed E-state index contributed by atoms with van der Waals surface area (Å²) >= 11 is 0. The number of carbonyl (C=O) groups excluding carboxylic acids is 1. The van der Waals surface area contributed by atoms with E-state index in [0.717, 1.165) is 31.3 Å². The van der Waals surface area contributed by atoms with Crippen LogP contribution < -0.4 is 10.2 Å². The molecule has 1 fully saturated rings. The van der Waals surface area contributed by atoms with Crippen LogP contribution in [-0.4, -0.2) is 49.0 Å². The zero-order valence-corrected chi connectivity index (χ0v) is 10.3. The molecule has 0 aliphatic carbocycles. The number of amides is 1. The van der Waals surface area contributed by atoms with Crippen LogP contribution in [0.2, 0.25) is 0 Å². The average molecular weight is 234 g/mol. The van der Waals surface area contributed by atoms with Gasteiger partial charge in [-0.15, -0.1) is 0 Å². The van der Waals surface area contributed by atoms with Gasteiger partial charge in [-0.25, -0.2) is 4.98 Å². The van der Waals surface area contributed by atoms with E-state index in [0.29, 0.717) is 6.54 Å². The van der Waals surface area contributed by atoms with Crippen LogP contribution in [0.1, 0.15) is 6.92 Å². The number of likely N-dealkylation sites (N-methyl/N-ethyl adjacent to an activating group) is 1. The number of nitrogens with one attached hydrogen (secondary N) is 1. The number of nitrogens with zero attached hydrogens (tertiary/aromatic N) is 3. The van der Waals surface area contributed by atoms with E-state index in [4.69, 9.17) is 0 Å². The Kier molecular flexibility index (Phi) is 3.46. The lowest BCUT2D eigenvalue weighted by Gasteiger charge is -2.32. The van der Waals surface area contributed by atoms with Gasteiger partial charge in [-0.05, 0) is 19.1 Å². The minimum atomic E-state index is 0.145. The monoisotopic (exact) mass is 234 g/mol. The second kappa shape index (κ2) is 5.03. The molecule has 1 aromatic rings. The molecule has 1 saturated heterocycles. The largest absolute Gasteiger partial charge is 0.370 e. The lowest BCUT2D eigenvalue weighted by molar-refractivity contribution is -0.129. The van der Waals surface area contributed by atoms with Crippen molar-refractivity contribution >= 4 is 17.5 Å². The molecule has 17 heavy (non-hydrogen) atoms. The Bertz CT molecular complexity index is 407. The summed E-state index contributed by atoms with van der Waals surface area (Å²) in [4.78, 5) is 19.9. The highest BCUT2D eigenvalue weighted by Crippen LogP contribution is 2.16. The fourth-order valence-corrected chi connectivity index (χ4v) is 1.83. The van der Waals surface area contributed by atoms with Gasteiger partial charge in [0.05, 0.1) is 6.54 Å². The Morgan fingerprint density at radius 2 is 2.24 bits per heavy atom. The molecular weight excluding hydrogens is 216 g/mol. The van der Waals surface area contributed by atoms with Crippen molar-refractivity contribution in [3.8, 4) is 0 Å². The Balaban J connectivity index is 2.11. The fourth-order valence-electron chi connectivity index (χ4n) is 1.83. The third-order valence-electron chi connectivity index (χ3n) is 2.87. The van der Waals surface area contributed by atoms with E-state index >= 15 is 0 Å². The van der Waals surface area contributed by atoms with E-state index in [2.05, 4.69) is 10.3 Å². The molecule has 1 amide bonds. The standard InChI is InChI=1S/C12H18N4O/c1-3-13-10-5-4-6-11(14-10)16-8-7-15(2)12(17)9-16/h4-6H,3,7-9H2,1-2H3,(H,13,14). The molecule has 0 spiro atoms. The second-order valence-corrected chi connectivity index (χ2v) is 4.15. The van der Waals surface area contributed by atoms with Gasteiger partial charge in [0, 0.05) is 26.7 Å². The maximum atomic E-state index is 11.6. The summed E-state index contributed by atoms with van der Waals surface area (Å²) in [5.41, 5.74) is 0. The van der Waals surface area contributed by atoms with Gasteiger partial charge >= 0.3 is 0 Å². The van der Waals surface area contributed by atoms with Gasteiger partial charge < -0.3 is 15.1 Å². The predicted octanol–water partition coefficient (Wildman–Crippen LogP) is 0.792. The normalized spacial score (nSPS) is 16.2. The number of rotatable bonds is 3. The molecule has 1 aromatic heterocycles. The molecule has 92 valence electrons. The molecule has 1 N–H and O–H groups in total. The summed E-state index contributed by atoms with van der Waals surface area (Å²) in [6.07, 6.45) is 0. The first-order chi connectivity index (χ1) is 8.20. The number of carbonyl (C=O) groups is 1. The van der Waals surface area contributed by atoms with E-state index in [1.807, 2.05) is 37.1 Å². The molecule has 5 heteroatoms. The zero-order chi connectivity index (χ0) is 12.3. The smallest absolute Gasteiger partial charge is 0.241 e. The highest BCUT2D eigenvalue weighted by atomic mass is 16.2. The number of anilines is 2. The van der Waals surface area contributed by atoms with Gasteiger partial charge in [0.1, 0.15) is 11.6 Å². The Labute approximate surface area is 101 Å². The van der Waals surface area contributed by atoms with Crippen molar-refractivity contribution < 1.29 is 4.79 Å². The fraction of sp³-hybridized carbons (Fsp3) is 0.500. The number of piperazine rings is 1. The van der Waals surface area contributed by atoms with Crippen LogP contribution >= 0.6 is 0 Å². The van der Waals surface area contributed by atoms with Crippen LogP contribution in [0.3, 0.4) is 0 Å². The molecule has 0 atom stereocenters. The van der Waals surface area contributed by atoms with Gasteiger partial charge in [0.2, 0.25) is 5.91 Å². The molecule has 0 radical (unpaired) electrons. The van der Waals surface area contributed by atoms with Crippen LogP contribution in [-0.2, 0) is 4.79 Å². The number of hydrogen-bond acceptors (Lipinski definition) is 4. The summed E-state index contributed by atoms with van der Waals surface area (Å²) in [6, 6.07) is 5.84. The summed E-state index contributed by atoms with van der Waals surface area (Å²) in [5, 5.41) is 3.17. The van der Waals surface area contributed by atoms with Crippen LogP contribution in [0.25, 0.3) is 0 Å². The van der Waals surface area contributed by atoms with E-state index in [9.17, 15) is 4.79 Å². The molecule has 0 saturated carbocycles. The minimum Gasteiger partial charge on any atom is -0.370 e. The summed E-state index contributed by atoms with van der Waals surface area (Å²) in [5.74, 6) is 1.87. The van der Waals surface area contributed by atoms with E-state index in [1.165, 1.54) is 0 Å². The molecule has 0 bridgehead atoms. The van der Waals surface area contributed by atoms with Crippen molar-refractivity contribution in [2.75, 3.05) is 43.4 Å². The molecule has 0 unspecified atom stereocenters. The molecule has 2 heterocycles. The SMILES string of the molecule is CCNc1cccc(N2CCN(C)C(=O)C2)n1. The van der Waals surface area contributed by atoms with E-state index in [1.54, 1.807) is 4.90 Å². The third kappa shape index (κ3) is 2.67. The van der Waals surface area contributed by atoms with Crippen molar-refractivity contribution in [3.05, 3.63) is 18.2 Å². The first kappa shape index (κ1) is 11.7. The maximum Gasteiger partial charge on any atom is 0.241 e. The molecule has 2 rings (SSSR count). The van der Waals surface area contributed by atoms with Crippen LogP contribution in [0.4, 0.5) is 11.6 Å². The number of pyridine rings is 1. The first-order valence-corrected chi connectivity index (χ1v) is 5.90. The van der Waals surface area contributed by atoms with Crippen LogP contribution in [0, 0.1) is 0 Å². The number of hydrogen-bond donors (Lipinski definition) is 1.